The van der Waals surface area contributed by atoms with Gasteiger partial charge >= 0.3 is 0 Å². The maximum atomic E-state index is 12.7. The third kappa shape index (κ3) is 5.16. The number of nitrogens with one attached hydrogen (secondary N) is 1. The quantitative estimate of drug-likeness (QED) is 0.737. The van der Waals surface area contributed by atoms with E-state index in [9.17, 15) is 13.2 Å². The summed E-state index contributed by atoms with van der Waals surface area (Å²) in [6, 6.07) is 6.83. The van der Waals surface area contributed by atoms with E-state index in [1.807, 2.05) is 24.3 Å². The van der Waals surface area contributed by atoms with E-state index in [0.29, 0.717) is 18.1 Å². The number of carbonyl (C=O) groups excluding carboxylic acids is 1. The summed E-state index contributed by atoms with van der Waals surface area (Å²) in [5.41, 5.74) is 1.43. The molecule has 2 heterocycles. The molecule has 10 heteroatoms. The molecule has 1 amide bonds. The van der Waals surface area contributed by atoms with Gasteiger partial charge in [0.2, 0.25) is 15.9 Å². The predicted molar refractivity (Wildman–Crippen MR) is 109 cm³/mol. The first-order valence-electron chi connectivity index (χ1n) is 9.38. The van der Waals surface area contributed by atoms with Crippen LogP contribution in [0.3, 0.4) is 0 Å². The second-order valence-electron chi connectivity index (χ2n) is 7.22. The maximum Gasteiger partial charge on any atom is 0.246 e. The molecule has 0 aliphatic carbocycles. The Hall–Kier alpha value is -1.94. The van der Waals surface area contributed by atoms with E-state index < -0.39 is 16.1 Å². The molecule has 1 N–H and O–H groups in total. The molecule has 1 aromatic heterocycles. The Labute approximate surface area is 175 Å². The van der Waals surface area contributed by atoms with Gasteiger partial charge in [-0.25, -0.2) is 8.42 Å². The monoisotopic (exact) mass is 440 g/mol. The molecule has 29 heavy (non-hydrogen) atoms. The topological polar surface area (TPSA) is 95.8 Å². The van der Waals surface area contributed by atoms with Crippen LogP contribution in [0.15, 0.2) is 33.7 Å². The smallest absolute Gasteiger partial charge is 0.246 e. The molecule has 2 aromatic rings. The van der Waals surface area contributed by atoms with Gasteiger partial charge in [0.25, 0.3) is 0 Å². The molecule has 1 aliphatic rings. The molecule has 8 nitrogen and oxygen atoms in total. The van der Waals surface area contributed by atoms with Crippen molar-refractivity contribution >= 4 is 27.5 Å². The van der Waals surface area contributed by atoms with Gasteiger partial charge in [-0.15, -0.1) is 0 Å². The second-order valence-corrected chi connectivity index (χ2v) is 9.31. The zero-order valence-corrected chi connectivity index (χ0v) is 18.3. The number of amides is 1. The van der Waals surface area contributed by atoms with E-state index >= 15 is 0 Å². The number of aryl methyl sites for hydroxylation is 2. The molecular formula is C19H25ClN4O4S. The number of hydrogen-bond acceptors (Lipinski definition) is 6. The van der Waals surface area contributed by atoms with Crippen LogP contribution in [0.2, 0.25) is 5.02 Å². The molecule has 0 unspecified atom stereocenters. The number of nitrogens with zero attached hydrogens (tertiary/aromatic N) is 3. The van der Waals surface area contributed by atoms with E-state index in [1.54, 1.807) is 18.7 Å². The van der Waals surface area contributed by atoms with Crippen LogP contribution in [0.4, 0.5) is 0 Å². The Bertz CT molecular complexity index is 947. The first-order chi connectivity index (χ1) is 13.7. The van der Waals surface area contributed by atoms with Crippen LogP contribution in [0.25, 0.3) is 0 Å². The summed E-state index contributed by atoms with van der Waals surface area (Å²) >= 11 is 5.92. The van der Waals surface area contributed by atoms with Gasteiger partial charge < -0.3 is 9.42 Å². The van der Waals surface area contributed by atoms with Crippen LogP contribution in [0.1, 0.15) is 23.9 Å². The van der Waals surface area contributed by atoms with Crippen LogP contribution >= 0.6 is 11.6 Å². The van der Waals surface area contributed by atoms with Crippen LogP contribution in [-0.4, -0.2) is 61.5 Å². The zero-order valence-electron chi connectivity index (χ0n) is 16.7. The van der Waals surface area contributed by atoms with E-state index in [-0.39, 0.29) is 22.3 Å². The number of piperazine rings is 1. The van der Waals surface area contributed by atoms with Gasteiger partial charge in [-0.1, -0.05) is 28.9 Å². The van der Waals surface area contributed by atoms with E-state index in [0.717, 1.165) is 25.2 Å². The second kappa shape index (κ2) is 8.83. The highest BCUT2D eigenvalue weighted by molar-refractivity contribution is 7.89. The van der Waals surface area contributed by atoms with Crippen LogP contribution < -0.4 is 4.72 Å². The Morgan fingerprint density at radius 1 is 1.21 bits per heavy atom. The molecule has 158 valence electrons. The third-order valence-corrected chi connectivity index (χ3v) is 6.98. The zero-order chi connectivity index (χ0) is 21.2. The molecule has 1 fully saturated rings. The summed E-state index contributed by atoms with van der Waals surface area (Å²) in [7, 11) is -3.89. The van der Waals surface area contributed by atoms with Crippen molar-refractivity contribution in [2.75, 3.05) is 26.2 Å². The summed E-state index contributed by atoms with van der Waals surface area (Å²) in [4.78, 5) is 16.7. The molecule has 0 bridgehead atoms. The average molecular weight is 441 g/mol. The molecular weight excluding hydrogens is 416 g/mol. The predicted octanol–water partition coefficient (Wildman–Crippen LogP) is 1.96. The van der Waals surface area contributed by atoms with Crippen molar-refractivity contribution in [3.05, 3.63) is 46.3 Å². The summed E-state index contributed by atoms with van der Waals surface area (Å²) in [5.74, 6) is -0.0445. The number of sulfonamides is 1. The van der Waals surface area contributed by atoms with Crippen molar-refractivity contribution in [2.24, 2.45) is 0 Å². The van der Waals surface area contributed by atoms with Gasteiger partial charge in [0.05, 0.1) is 6.04 Å². The average Bonchev–Trinajstić information content (AvgIpc) is 3.02. The number of carbonyl (C=O) groups is 1. The third-order valence-electron chi connectivity index (χ3n) is 4.94. The summed E-state index contributed by atoms with van der Waals surface area (Å²) in [6.07, 6.45) is 0. The highest BCUT2D eigenvalue weighted by atomic mass is 35.5. The Morgan fingerprint density at radius 3 is 2.38 bits per heavy atom. The minimum Gasteiger partial charge on any atom is -0.360 e. The van der Waals surface area contributed by atoms with Crippen molar-refractivity contribution in [3.63, 3.8) is 0 Å². The van der Waals surface area contributed by atoms with E-state index in [2.05, 4.69) is 14.8 Å². The van der Waals surface area contributed by atoms with Gasteiger partial charge in [-0.05, 0) is 38.5 Å². The molecule has 0 saturated carbocycles. The van der Waals surface area contributed by atoms with Crippen LogP contribution in [-0.2, 0) is 21.4 Å². The SMILES string of the molecule is Cc1noc(C)c1S(=O)(=O)N[C@@H](C)C(=O)N1CCN(Cc2ccc(Cl)cc2)CC1. The first kappa shape index (κ1) is 21.8. The molecule has 0 spiro atoms. The highest BCUT2D eigenvalue weighted by Gasteiger charge is 2.31. The lowest BCUT2D eigenvalue weighted by molar-refractivity contribution is -0.134. The molecule has 1 atom stereocenters. The lowest BCUT2D eigenvalue weighted by Crippen LogP contribution is -2.53. The van der Waals surface area contributed by atoms with Crippen molar-refractivity contribution < 1.29 is 17.7 Å². The number of rotatable bonds is 6. The number of benzene rings is 1. The lowest BCUT2D eigenvalue weighted by atomic mass is 10.2. The molecule has 1 saturated heterocycles. The van der Waals surface area contributed by atoms with E-state index in [1.165, 1.54) is 6.92 Å². The fourth-order valence-corrected chi connectivity index (χ4v) is 5.10. The number of hydrogen-bond donors (Lipinski definition) is 1. The normalized spacial score (nSPS) is 16.8. The Balaban J connectivity index is 1.55. The van der Waals surface area contributed by atoms with Gasteiger partial charge in [0, 0.05) is 37.7 Å². The van der Waals surface area contributed by atoms with Crippen LogP contribution in [0, 0.1) is 13.8 Å². The first-order valence-corrected chi connectivity index (χ1v) is 11.2. The van der Waals surface area contributed by atoms with Crippen molar-refractivity contribution in [3.8, 4) is 0 Å². The summed E-state index contributed by atoms with van der Waals surface area (Å²) in [5, 5.41) is 4.38. The van der Waals surface area contributed by atoms with Crippen molar-refractivity contribution in [2.45, 2.75) is 38.3 Å². The van der Waals surface area contributed by atoms with E-state index in [4.69, 9.17) is 16.1 Å². The maximum absolute atomic E-state index is 12.7. The number of aromatic nitrogens is 1. The fraction of sp³-hybridized carbons (Fsp3) is 0.474. The van der Waals surface area contributed by atoms with Gasteiger partial charge in [0.15, 0.2) is 5.76 Å². The summed E-state index contributed by atoms with van der Waals surface area (Å²) < 4.78 is 32.6. The lowest BCUT2D eigenvalue weighted by Gasteiger charge is -2.36. The molecule has 0 radical (unpaired) electrons. The van der Waals surface area contributed by atoms with Gasteiger partial charge in [0.1, 0.15) is 10.6 Å². The highest BCUT2D eigenvalue weighted by Crippen LogP contribution is 2.19. The van der Waals surface area contributed by atoms with Crippen LogP contribution in [0.5, 0.6) is 0 Å². The Morgan fingerprint density at radius 2 is 1.83 bits per heavy atom. The standard InChI is InChI=1S/C19H25ClN4O4S/c1-13-18(15(3)28-21-13)29(26,27)22-14(2)19(25)24-10-8-23(9-11-24)12-16-4-6-17(20)7-5-16/h4-7,14,22H,8-12H2,1-3H3/t14-/m0/s1. The number of halogens is 1. The molecule has 1 aliphatic heterocycles. The van der Waals surface area contributed by atoms with Crippen molar-refractivity contribution in [1.82, 2.24) is 19.7 Å². The Kier molecular flexibility index (Phi) is 6.62. The molecule has 1 aromatic carbocycles. The minimum atomic E-state index is -3.89. The largest absolute Gasteiger partial charge is 0.360 e. The van der Waals surface area contributed by atoms with Gasteiger partial charge in [-0.3, -0.25) is 9.69 Å². The minimum absolute atomic E-state index is 0.00932. The molecule has 3 rings (SSSR count). The fourth-order valence-electron chi connectivity index (χ4n) is 3.45. The van der Waals surface area contributed by atoms with Crippen molar-refractivity contribution in [1.29, 1.82) is 0 Å². The summed E-state index contributed by atoms with van der Waals surface area (Å²) in [6.45, 7) is 7.95. The van der Waals surface area contributed by atoms with Gasteiger partial charge in [-0.2, -0.15) is 4.72 Å².